The molecule has 1 aliphatic heterocycles. The molecule has 0 atom stereocenters. The molecule has 0 bridgehead atoms. The minimum absolute atomic E-state index is 0.179. The Kier molecular flexibility index (Phi) is 5.20. The van der Waals surface area contributed by atoms with Crippen LogP contribution in [0.1, 0.15) is 5.69 Å². The maximum absolute atomic E-state index is 12.5. The van der Waals surface area contributed by atoms with Crippen molar-refractivity contribution in [1.29, 1.82) is 0 Å². The Balaban J connectivity index is 2.01. The number of benzene rings is 1. The number of aromatic nitrogens is 1. The van der Waals surface area contributed by atoms with E-state index in [2.05, 4.69) is 10.3 Å². The minimum Gasteiger partial charge on any atom is -0.493 e. The predicted octanol–water partition coefficient (Wildman–Crippen LogP) is 1.57. The van der Waals surface area contributed by atoms with Crippen LogP contribution in [0.25, 0.3) is 10.8 Å². The van der Waals surface area contributed by atoms with Crippen molar-refractivity contribution in [3.05, 3.63) is 24.0 Å². The molecule has 1 aromatic heterocycles. The number of nitrogens with zero attached hydrogens (tertiary/aromatic N) is 2. The van der Waals surface area contributed by atoms with Gasteiger partial charge in [-0.25, -0.2) is 4.79 Å². The Morgan fingerprint density at radius 3 is 2.48 bits per heavy atom. The lowest BCUT2D eigenvalue weighted by Gasteiger charge is -2.27. The van der Waals surface area contributed by atoms with Gasteiger partial charge in [-0.05, 0) is 12.1 Å². The zero-order valence-electron chi connectivity index (χ0n) is 14.4. The summed E-state index contributed by atoms with van der Waals surface area (Å²) in [5.74, 6) is 1.16. The number of nitrogens with one attached hydrogen (secondary N) is 1. The van der Waals surface area contributed by atoms with Gasteiger partial charge in [-0.2, -0.15) is 0 Å². The number of fused-ring (bicyclic) bond motifs is 1. The van der Waals surface area contributed by atoms with Crippen LogP contribution in [0, 0.1) is 0 Å². The van der Waals surface area contributed by atoms with Crippen LogP contribution in [0.2, 0.25) is 0 Å². The van der Waals surface area contributed by atoms with E-state index in [0.717, 1.165) is 16.5 Å². The number of carbonyl (C=O) groups excluding carboxylic acids is 1. The molecule has 8 heteroatoms. The molecule has 1 aromatic carbocycles. The van der Waals surface area contributed by atoms with E-state index in [1.165, 1.54) is 0 Å². The van der Waals surface area contributed by atoms with Crippen LogP contribution in [-0.4, -0.2) is 56.4 Å². The lowest BCUT2D eigenvalue weighted by molar-refractivity contribution is 0.0564. The highest BCUT2D eigenvalue weighted by molar-refractivity contribution is 6.03. The zero-order chi connectivity index (χ0) is 17.8. The number of morpholine rings is 1. The molecule has 134 valence electrons. The van der Waals surface area contributed by atoms with Crippen LogP contribution in [0.5, 0.6) is 11.5 Å². The monoisotopic (exact) mass is 346 g/mol. The maximum atomic E-state index is 12.5. The fraction of sp³-hybridized carbons (Fsp3) is 0.412. The van der Waals surface area contributed by atoms with Crippen molar-refractivity contribution in [2.45, 2.75) is 6.54 Å². The number of carbonyl (C=O) groups is 1. The molecule has 1 fully saturated rings. The average molecular weight is 346 g/mol. The van der Waals surface area contributed by atoms with Crippen molar-refractivity contribution in [2.75, 3.05) is 45.8 Å². The molecule has 0 saturated carbocycles. The summed E-state index contributed by atoms with van der Waals surface area (Å²) >= 11 is 0. The summed E-state index contributed by atoms with van der Waals surface area (Å²) in [6.07, 6.45) is 1.62. The smallest absolute Gasteiger partial charge is 0.322 e. The number of amides is 2. The van der Waals surface area contributed by atoms with Gasteiger partial charge in [0.05, 0.1) is 45.0 Å². The largest absolute Gasteiger partial charge is 0.493 e. The van der Waals surface area contributed by atoms with Gasteiger partial charge in [0.25, 0.3) is 0 Å². The number of ether oxygens (including phenoxy) is 3. The fourth-order valence-electron chi connectivity index (χ4n) is 2.85. The summed E-state index contributed by atoms with van der Waals surface area (Å²) in [5.41, 5.74) is 7.13. The first-order valence-corrected chi connectivity index (χ1v) is 8.05. The molecule has 1 saturated heterocycles. The van der Waals surface area contributed by atoms with Gasteiger partial charge in [0.1, 0.15) is 0 Å². The number of methoxy groups -OCH3 is 2. The van der Waals surface area contributed by atoms with Gasteiger partial charge >= 0.3 is 6.03 Å². The molecule has 2 heterocycles. The van der Waals surface area contributed by atoms with Crippen molar-refractivity contribution in [2.24, 2.45) is 5.73 Å². The van der Waals surface area contributed by atoms with Crippen molar-refractivity contribution < 1.29 is 19.0 Å². The number of nitrogens with two attached hydrogens (primary N) is 1. The Hall–Kier alpha value is -2.58. The van der Waals surface area contributed by atoms with E-state index in [-0.39, 0.29) is 12.6 Å². The number of rotatable bonds is 4. The molecule has 0 aliphatic carbocycles. The SMILES string of the molecule is COc1cc2c(NC(=O)N3CCOCC3)cnc(CN)c2cc1OC. The third-order valence-corrected chi connectivity index (χ3v) is 4.21. The fourth-order valence-corrected chi connectivity index (χ4v) is 2.85. The second-order valence-corrected chi connectivity index (χ2v) is 5.61. The molecular formula is C17H22N4O4. The summed E-state index contributed by atoms with van der Waals surface area (Å²) in [5, 5.41) is 4.55. The Labute approximate surface area is 145 Å². The summed E-state index contributed by atoms with van der Waals surface area (Å²) in [7, 11) is 3.14. The van der Waals surface area contributed by atoms with Crippen molar-refractivity contribution in [3.63, 3.8) is 0 Å². The first kappa shape index (κ1) is 17.2. The first-order chi connectivity index (χ1) is 12.2. The van der Waals surface area contributed by atoms with E-state index in [9.17, 15) is 4.79 Å². The van der Waals surface area contributed by atoms with E-state index >= 15 is 0 Å². The molecular weight excluding hydrogens is 324 g/mol. The molecule has 2 amide bonds. The highest BCUT2D eigenvalue weighted by atomic mass is 16.5. The number of pyridine rings is 1. The van der Waals surface area contributed by atoms with Gasteiger partial charge in [-0.1, -0.05) is 0 Å². The van der Waals surface area contributed by atoms with E-state index < -0.39 is 0 Å². The van der Waals surface area contributed by atoms with Crippen LogP contribution < -0.4 is 20.5 Å². The number of urea groups is 1. The predicted molar refractivity (Wildman–Crippen MR) is 94.1 cm³/mol. The van der Waals surface area contributed by atoms with Crippen LogP contribution in [0.3, 0.4) is 0 Å². The second-order valence-electron chi connectivity index (χ2n) is 5.61. The number of anilines is 1. The van der Waals surface area contributed by atoms with Crippen molar-refractivity contribution >= 4 is 22.5 Å². The zero-order valence-corrected chi connectivity index (χ0v) is 14.4. The second kappa shape index (κ2) is 7.54. The normalized spacial score (nSPS) is 14.4. The quantitative estimate of drug-likeness (QED) is 0.872. The van der Waals surface area contributed by atoms with Gasteiger partial charge in [-0.3, -0.25) is 4.98 Å². The first-order valence-electron chi connectivity index (χ1n) is 8.05. The van der Waals surface area contributed by atoms with E-state index in [1.54, 1.807) is 25.3 Å². The number of hydrogen-bond donors (Lipinski definition) is 2. The summed E-state index contributed by atoms with van der Waals surface area (Å²) in [6.45, 7) is 2.50. The lowest BCUT2D eigenvalue weighted by atomic mass is 10.1. The summed E-state index contributed by atoms with van der Waals surface area (Å²) < 4.78 is 16.0. The molecule has 3 N–H and O–H groups in total. The van der Waals surface area contributed by atoms with Crippen LogP contribution >= 0.6 is 0 Å². The molecule has 0 spiro atoms. The van der Waals surface area contributed by atoms with Crippen molar-refractivity contribution in [1.82, 2.24) is 9.88 Å². The van der Waals surface area contributed by atoms with Gasteiger partial charge in [0.2, 0.25) is 0 Å². The van der Waals surface area contributed by atoms with Gasteiger partial charge < -0.3 is 30.2 Å². The molecule has 8 nitrogen and oxygen atoms in total. The molecule has 25 heavy (non-hydrogen) atoms. The Morgan fingerprint density at radius 1 is 1.24 bits per heavy atom. The van der Waals surface area contributed by atoms with Crippen molar-refractivity contribution in [3.8, 4) is 11.5 Å². The van der Waals surface area contributed by atoms with Crippen LogP contribution in [-0.2, 0) is 11.3 Å². The highest BCUT2D eigenvalue weighted by Gasteiger charge is 2.19. The van der Waals surface area contributed by atoms with E-state index in [1.807, 2.05) is 12.1 Å². The molecule has 3 rings (SSSR count). The maximum Gasteiger partial charge on any atom is 0.322 e. The van der Waals surface area contributed by atoms with Gasteiger partial charge in [0.15, 0.2) is 11.5 Å². The van der Waals surface area contributed by atoms with Gasteiger partial charge in [-0.15, -0.1) is 0 Å². The molecule has 1 aliphatic rings. The number of hydrogen-bond acceptors (Lipinski definition) is 6. The highest BCUT2D eigenvalue weighted by Crippen LogP contribution is 2.36. The Morgan fingerprint density at radius 2 is 1.88 bits per heavy atom. The minimum atomic E-state index is -0.179. The van der Waals surface area contributed by atoms with E-state index in [0.29, 0.717) is 43.5 Å². The standard InChI is InChI=1S/C17H22N4O4/c1-23-15-7-11-12(8-16(15)24-2)14(10-19-13(11)9-18)20-17(22)21-3-5-25-6-4-21/h7-8,10H,3-6,9,18H2,1-2H3,(H,20,22). The third kappa shape index (κ3) is 3.45. The topological polar surface area (TPSA) is 98.9 Å². The Bertz CT molecular complexity index is 775. The van der Waals surface area contributed by atoms with Gasteiger partial charge in [0, 0.05) is 30.4 Å². The lowest BCUT2D eigenvalue weighted by Crippen LogP contribution is -2.43. The van der Waals surface area contributed by atoms with Crippen LogP contribution in [0.4, 0.5) is 10.5 Å². The third-order valence-electron chi connectivity index (χ3n) is 4.21. The molecule has 0 unspecified atom stereocenters. The van der Waals surface area contributed by atoms with E-state index in [4.69, 9.17) is 19.9 Å². The molecule has 0 radical (unpaired) electrons. The molecule has 2 aromatic rings. The summed E-state index contributed by atoms with van der Waals surface area (Å²) in [4.78, 5) is 18.6. The summed E-state index contributed by atoms with van der Waals surface area (Å²) in [6, 6.07) is 3.47. The van der Waals surface area contributed by atoms with Crippen LogP contribution in [0.15, 0.2) is 18.3 Å². The average Bonchev–Trinajstić information content (AvgIpc) is 2.67.